The van der Waals surface area contributed by atoms with Crippen molar-refractivity contribution in [3.63, 3.8) is 0 Å². The molecule has 40 heavy (non-hydrogen) atoms. The monoisotopic (exact) mass is 527 g/mol. The summed E-state index contributed by atoms with van der Waals surface area (Å²) in [4.78, 5) is 5.02. The summed E-state index contributed by atoms with van der Waals surface area (Å²) in [6.45, 7) is 15.9. The normalized spacial score (nSPS) is 11.7. The second-order valence-electron chi connectivity index (χ2n) is 12.0. The smallest absolute Gasteiger partial charge is 0.119 e. The van der Waals surface area contributed by atoms with Crippen molar-refractivity contribution in [1.29, 1.82) is 0 Å². The molecule has 0 unspecified atom stereocenters. The van der Waals surface area contributed by atoms with Crippen LogP contribution in [0.25, 0.3) is 44.8 Å². The Bertz CT molecular complexity index is 1560. The first-order chi connectivity index (χ1) is 19.2. The maximum atomic E-state index is 5.02. The molecule has 2 heterocycles. The first-order valence-corrected chi connectivity index (χ1v) is 14.6. The average Bonchev–Trinajstić information content (AvgIpc) is 3.33. The van der Waals surface area contributed by atoms with E-state index >= 15 is 0 Å². The highest BCUT2D eigenvalue weighted by atomic mass is 15.1. The van der Waals surface area contributed by atoms with Crippen LogP contribution in [0.1, 0.15) is 75.8 Å². The second-order valence-corrected chi connectivity index (χ2v) is 12.0. The van der Waals surface area contributed by atoms with E-state index in [0.717, 1.165) is 23.5 Å². The lowest BCUT2D eigenvalue weighted by atomic mass is 9.81. The van der Waals surface area contributed by atoms with E-state index in [1.54, 1.807) is 0 Å². The summed E-state index contributed by atoms with van der Waals surface area (Å²) in [6, 6.07) is 28.3. The Hall–Kier alpha value is -3.98. The maximum absolute atomic E-state index is 5.02. The summed E-state index contributed by atoms with van der Waals surface area (Å²) in [7, 11) is 0. The van der Waals surface area contributed by atoms with Crippen molar-refractivity contribution >= 4 is 0 Å². The van der Waals surface area contributed by atoms with E-state index < -0.39 is 0 Å². The molecule has 0 aliphatic carbocycles. The Balaban J connectivity index is 1.73. The molecule has 0 aliphatic rings. The van der Waals surface area contributed by atoms with Gasteiger partial charge in [-0.15, -0.1) is 0 Å². The molecule has 0 radical (unpaired) electrons. The highest BCUT2D eigenvalue weighted by Gasteiger charge is 2.25. The number of H-pyrrole nitrogens is 1. The molecule has 0 bridgehead atoms. The summed E-state index contributed by atoms with van der Waals surface area (Å²) in [5.41, 5.74) is 14.3. The number of nitrogens with one attached hydrogen (secondary N) is 1. The molecular weight excluding hydrogens is 486 g/mol. The van der Waals surface area contributed by atoms with Gasteiger partial charge < -0.3 is 0 Å². The van der Waals surface area contributed by atoms with Gasteiger partial charge in [0.15, 0.2) is 0 Å². The van der Waals surface area contributed by atoms with Crippen LogP contribution in [-0.2, 0) is 6.42 Å². The van der Waals surface area contributed by atoms with Crippen LogP contribution < -0.4 is 0 Å². The van der Waals surface area contributed by atoms with Crippen molar-refractivity contribution in [1.82, 2.24) is 15.2 Å². The summed E-state index contributed by atoms with van der Waals surface area (Å²) in [5, 5.41) is 8.21. The molecule has 0 fully saturated rings. The van der Waals surface area contributed by atoms with Crippen LogP contribution in [0.2, 0.25) is 0 Å². The van der Waals surface area contributed by atoms with E-state index in [1.165, 1.54) is 50.1 Å². The molecule has 0 aliphatic heterocycles. The van der Waals surface area contributed by atoms with Gasteiger partial charge in [0.05, 0.1) is 5.69 Å². The summed E-state index contributed by atoms with van der Waals surface area (Å²) < 4.78 is 0. The highest BCUT2D eigenvalue weighted by Crippen LogP contribution is 2.44. The molecule has 0 amide bonds. The zero-order valence-electron chi connectivity index (χ0n) is 24.9. The molecule has 3 nitrogen and oxygen atoms in total. The first-order valence-electron chi connectivity index (χ1n) is 14.6. The van der Waals surface area contributed by atoms with Crippen LogP contribution in [0, 0.1) is 12.8 Å². The fraction of sp³-hybridized carbons (Fsp3) is 0.297. The first kappa shape index (κ1) is 27.6. The number of hydrogen-bond donors (Lipinski definition) is 1. The molecule has 3 aromatic carbocycles. The zero-order chi connectivity index (χ0) is 28.4. The number of aromatic amines is 1. The lowest BCUT2D eigenvalue weighted by Gasteiger charge is -2.23. The van der Waals surface area contributed by atoms with Gasteiger partial charge >= 0.3 is 0 Å². The highest BCUT2D eigenvalue weighted by molar-refractivity contribution is 5.88. The van der Waals surface area contributed by atoms with E-state index in [2.05, 4.69) is 132 Å². The number of hydrogen-bond acceptors (Lipinski definition) is 2. The molecule has 3 heteroatoms. The van der Waals surface area contributed by atoms with Crippen LogP contribution in [0.15, 0.2) is 85.1 Å². The Morgan fingerprint density at radius 3 is 1.80 bits per heavy atom. The van der Waals surface area contributed by atoms with Crippen molar-refractivity contribution in [2.75, 3.05) is 0 Å². The van der Waals surface area contributed by atoms with Gasteiger partial charge in [0.1, 0.15) is 5.69 Å². The molecule has 0 saturated carbocycles. The fourth-order valence-electron chi connectivity index (χ4n) is 5.72. The van der Waals surface area contributed by atoms with E-state index in [0.29, 0.717) is 17.8 Å². The SMILES string of the molecule is Cc1[nH]nc(-c2cc(CC(C)C)c(-c3ccccc3)cn2)c1-c1c(C(C)C)cc(-c2ccccc2)cc1C(C)C. The molecule has 5 aromatic rings. The average molecular weight is 528 g/mol. The molecule has 0 saturated heterocycles. The minimum atomic E-state index is 0.350. The Morgan fingerprint density at radius 2 is 1.25 bits per heavy atom. The largest absolute Gasteiger partial charge is 0.282 e. The summed E-state index contributed by atoms with van der Waals surface area (Å²) in [6.07, 6.45) is 3.03. The Kier molecular flexibility index (Phi) is 8.02. The van der Waals surface area contributed by atoms with Gasteiger partial charge in [0.25, 0.3) is 0 Å². The molecular formula is C37H41N3. The molecule has 2 aromatic heterocycles. The molecule has 204 valence electrons. The van der Waals surface area contributed by atoms with Gasteiger partial charge in [0, 0.05) is 23.0 Å². The van der Waals surface area contributed by atoms with Gasteiger partial charge in [0.2, 0.25) is 0 Å². The number of aromatic nitrogens is 3. The molecule has 5 rings (SSSR count). The number of nitrogens with zero attached hydrogens (tertiary/aromatic N) is 2. The van der Waals surface area contributed by atoms with Gasteiger partial charge in [-0.1, -0.05) is 114 Å². The van der Waals surface area contributed by atoms with Crippen molar-refractivity contribution in [3.8, 4) is 44.8 Å². The van der Waals surface area contributed by atoms with Crippen molar-refractivity contribution in [2.45, 2.75) is 66.7 Å². The number of aryl methyl sites for hydroxylation is 1. The van der Waals surface area contributed by atoms with Crippen LogP contribution >= 0.6 is 0 Å². The second kappa shape index (κ2) is 11.6. The quantitative estimate of drug-likeness (QED) is 0.218. The third-order valence-corrected chi connectivity index (χ3v) is 7.69. The predicted molar refractivity (Wildman–Crippen MR) is 170 cm³/mol. The Labute approximate surface area is 239 Å². The third kappa shape index (κ3) is 5.51. The van der Waals surface area contributed by atoms with Crippen LogP contribution in [-0.4, -0.2) is 15.2 Å². The zero-order valence-corrected chi connectivity index (χ0v) is 24.9. The van der Waals surface area contributed by atoms with E-state index in [1.807, 2.05) is 6.20 Å². The number of pyridine rings is 1. The van der Waals surface area contributed by atoms with Crippen LogP contribution in [0.5, 0.6) is 0 Å². The van der Waals surface area contributed by atoms with E-state index in [4.69, 9.17) is 10.1 Å². The van der Waals surface area contributed by atoms with E-state index in [-0.39, 0.29) is 0 Å². The maximum Gasteiger partial charge on any atom is 0.119 e. The fourth-order valence-corrected chi connectivity index (χ4v) is 5.72. The molecule has 1 N–H and O–H groups in total. The molecule has 0 spiro atoms. The number of rotatable bonds is 8. The minimum Gasteiger partial charge on any atom is -0.282 e. The summed E-state index contributed by atoms with van der Waals surface area (Å²) >= 11 is 0. The lowest BCUT2D eigenvalue weighted by Crippen LogP contribution is -2.03. The van der Waals surface area contributed by atoms with Crippen molar-refractivity contribution < 1.29 is 0 Å². The van der Waals surface area contributed by atoms with Gasteiger partial charge in [-0.2, -0.15) is 5.10 Å². The van der Waals surface area contributed by atoms with Gasteiger partial charge in [-0.25, -0.2) is 0 Å². The Morgan fingerprint density at radius 1 is 0.675 bits per heavy atom. The summed E-state index contributed by atoms with van der Waals surface area (Å²) in [5.74, 6) is 1.23. The van der Waals surface area contributed by atoms with Gasteiger partial charge in [-0.3, -0.25) is 10.1 Å². The number of benzene rings is 3. The van der Waals surface area contributed by atoms with Crippen LogP contribution in [0.4, 0.5) is 0 Å². The standard InChI is InChI=1S/C37H41N3/c1-23(2)18-30-21-34(38-22-33(30)28-16-12-9-13-17-28)37-35(26(7)39-40-37)36-31(24(3)4)19-29(20-32(36)25(5)6)27-14-10-8-11-15-27/h8-17,19-25H,18H2,1-7H3,(H,39,40). The third-order valence-electron chi connectivity index (χ3n) is 7.69. The molecule has 0 atom stereocenters. The van der Waals surface area contributed by atoms with Crippen molar-refractivity contribution in [3.05, 3.63) is 107 Å². The lowest BCUT2D eigenvalue weighted by molar-refractivity contribution is 0.648. The minimum absolute atomic E-state index is 0.350. The van der Waals surface area contributed by atoms with Crippen LogP contribution in [0.3, 0.4) is 0 Å². The predicted octanol–water partition coefficient (Wildman–Crippen LogP) is 10.2. The van der Waals surface area contributed by atoms with Crippen molar-refractivity contribution in [2.24, 2.45) is 5.92 Å². The van der Waals surface area contributed by atoms with Gasteiger partial charge in [-0.05, 0) is 76.1 Å². The topological polar surface area (TPSA) is 41.6 Å². The van der Waals surface area contributed by atoms with E-state index in [9.17, 15) is 0 Å².